The molecule has 0 aromatic carbocycles. The monoisotopic (exact) mass is 273 g/mol. The van der Waals surface area contributed by atoms with Gasteiger partial charge in [0.15, 0.2) is 10.3 Å². The van der Waals surface area contributed by atoms with Crippen molar-refractivity contribution < 1.29 is 42.5 Å². The molecule has 9 heteroatoms. The van der Waals surface area contributed by atoms with Crippen LogP contribution in [0.3, 0.4) is 0 Å². The topological polar surface area (TPSA) is 95.0 Å². The van der Waals surface area contributed by atoms with Gasteiger partial charge >= 0.3 is 29.6 Å². The Morgan fingerprint density at radius 1 is 1.50 bits per heavy atom. The summed E-state index contributed by atoms with van der Waals surface area (Å²) in [6, 6.07) is 0. The molecule has 0 spiro atoms. The van der Waals surface area contributed by atoms with Crippen molar-refractivity contribution in [3.63, 3.8) is 0 Å². The van der Waals surface area contributed by atoms with Crippen molar-refractivity contribution in [1.82, 2.24) is 10.2 Å². The minimum absolute atomic E-state index is 0. The molecule has 0 radical (unpaired) electrons. The van der Waals surface area contributed by atoms with E-state index in [0.29, 0.717) is 0 Å². The first kappa shape index (κ1) is 16.3. The number of aromatic nitrogens is 2. The molecule has 0 saturated carbocycles. The molecular formula is C7H12N3NaO3S2. The fourth-order valence-corrected chi connectivity index (χ4v) is 2.55. The molecule has 0 saturated heterocycles. The molecule has 1 aromatic rings. The zero-order chi connectivity index (χ0) is 11.5. The van der Waals surface area contributed by atoms with Gasteiger partial charge in [-0.2, -0.15) is 0 Å². The molecule has 1 rings (SSSR count). The molecule has 0 aliphatic heterocycles. The summed E-state index contributed by atoms with van der Waals surface area (Å²) >= 11 is 1.10. The van der Waals surface area contributed by atoms with Crippen LogP contribution >= 0.6 is 11.3 Å². The standard InChI is InChI=1S/C7H13N3O3S2.Na/c1-3-4-5(2)6-8-9-7(14-6)10-15(11,12)13;/h5H,3-4H2,1-2H3,(H,9,10)(H,11,12,13);/q;+1/p-1. The van der Waals surface area contributed by atoms with Crippen molar-refractivity contribution in [2.75, 3.05) is 4.72 Å². The number of hydrogen-bond donors (Lipinski definition) is 1. The molecule has 1 unspecified atom stereocenters. The summed E-state index contributed by atoms with van der Waals surface area (Å²) in [5, 5.41) is 8.17. The zero-order valence-corrected chi connectivity index (χ0v) is 13.1. The maximum absolute atomic E-state index is 10.4. The smallest absolute Gasteiger partial charge is 0.731 e. The van der Waals surface area contributed by atoms with Crippen molar-refractivity contribution in [2.24, 2.45) is 0 Å². The summed E-state index contributed by atoms with van der Waals surface area (Å²) in [5.41, 5.74) is 0. The molecule has 1 atom stereocenters. The SMILES string of the molecule is CCCC(C)c1nnc(NS(=O)(=O)[O-])s1.[Na+]. The van der Waals surface area contributed by atoms with E-state index in [9.17, 15) is 13.0 Å². The van der Waals surface area contributed by atoms with Gasteiger partial charge in [0, 0.05) is 5.92 Å². The Labute approximate surface area is 121 Å². The van der Waals surface area contributed by atoms with Crippen LogP contribution < -0.4 is 34.3 Å². The van der Waals surface area contributed by atoms with Gasteiger partial charge in [0.1, 0.15) is 5.01 Å². The molecule has 1 aromatic heterocycles. The normalized spacial score (nSPS) is 12.9. The first-order chi connectivity index (χ1) is 6.92. The van der Waals surface area contributed by atoms with E-state index >= 15 is 0 Å². The summed E-state index contributed by atoms with van der Waals surface area (Å²) in [6.07, 6.45) is 1.97. The Kier molecular flexibility index (Phi) is 6.99. The predicted molar refractivity (Wildman–Crippen MR) is 56.6 cm³/mol. The third-order valence-electron chi connectivity index (χ3n) is 1.80. The van der Waals surface area contributed by atoms with Crippen LogP contribution in [0.5, 0.6) is 0 Å². The minimum atomic E-state index is -4.49. The molecule has 0 aliphatic carbocycles. The zero-order valence-electron chi connectivity index (χ0n) is 9.43. The van der Waals surface area contributed by atoms with Gasteiger partial charge in [0.25, 0.3) is 0 Å². The van der Waals surface area contributed by atoms with Gasteiger partial charge in [-0.25, -0.2) is 8.42 Å². The number of hydrogen-bond acceptors (Lipinski definition) is 6. The average molecular weight is 273 g/mol. The fraction of sp³-hybridized carbons (Fsp3) is 0.714. The maximum atomic E-state index is 10.4. The molecule has 6 nitrogen and oxygen atoms in total. The third kappa shape index (κ3) is 5.55. The quantitative estimate of drug-likeness (QED) is 0.510. The summed E-state index contributed by atoms with van der Waals surface area (Å²) in [7, 11) is -4.49. The fourth-order valence-electron chi connectivity index (χ4n) is 1.14. The van der Waals surface area contributed by atoms with E-state index in [-0.39, 0.29) is 40.6 Å². The Morgan fingerprint density at radius 3 is 2.62 bits per heavy atom. The van der Waals surface area contributed by atoms with Crippen molar-refractivity contribution in [3.8, 4) is 0 Å². The Balaban J connectivity index is 0.00000225. The van der Waals surface area contributed by atoms with E-state index in [2.05, 4.69) is 17.1 Å². The molecule has 0 amide bonds. The second kappa shape index (κ2) is 6.87. The molecule has 86 valence electrons. The minimum Gasteiger partial charge on any atom is -0.731 e. The van der Waals surface area contributed by atoms with Crippen molar-refractivity contribution in [1.29, 1.82) is 0 Å². The van der Waals surface area contributed by atoms with Gasteiger partial charge in [0.05, 0.1) is 0 Å². The van der Waals surface area contributed by atoms with Crippen LogP contribution in [0.4, 0.5) is 5.13 Å². The molecule has 16 heavy (non-hydrogen) atoms. The number of nitrogens with zero attached hydrogens (tertiary/aromatic N) is 2. The largest absolute Gasteiger partial charge is 1.00 e. The number of rotatable bonds is 5. The summed E-state index contributed by atoms with van der Waals surface area (Å²) in [5.74, 6) is 0.234. The number of nitrogens with one attached hydrogen (secondary N) is 1. The van der Waals surface area contributed by atoms with E-state index < -0.39 is 10.3 Å². The van der Waals surface area contributed by atoms with Gasteiger partial charge in [-0.1, -0.05) is 31.6 Å². The van der Waals surface area contributed by atoms with E-state index in [4.69, 9.17) is 0 Å². The Morgan fingerprint density at radius 2 is 2.12 bits per heavy atom. The van der Waals surface area contributed by atoms with Crippen LogP contribution in [0.1, 0.15) is 37.6 Å². The molecule has 0 fully saturated rings. The van der Waals surface area contributed by atoms with Gasteiger partial charge in [-0.05, 0) is 6.42 Å². The van der Waals surface area contributed by atoms with E-state index in [1.54, 1.807) is 4.72 Å². The van der Waals surface area contributed by atoms with Crippen LogP contribution in [-0.2, 0) is 10.3 Å². The second-order valence-electron chi connectivity index (χ2n) is 3.19. The first-order valence-corrected chi connectivity index (χ1v) is 6.72. The van der Waals surface area contributed by atoms with E-state index in [1.807, 2.05) is 6.92 Å². The Bertz CT molecular complexity index is 420. The summed E-state index contributed by atoms with van der Waals surface area (Å²) < 4.78 is 32.9. The summed E-state index contributed by atoms with van der Waals surface area (Å²) in [4.78, 5) is 0. The van der Waals surface area contributed by atoms with Crippen LogP contribution in [0.25, 0.3) is 0 Å². The van der Waals surface area contributed by atoms with Crippen molar-refractivity contribution >= 4 is 26.8 Å². The molecule has 0 bridgehead atoms. The van der Waals surface area contributed by atoms with Crippen LogP contribution in [0, 0.1) is 0 Å². The van der Waals surface area contributed by atoms with Crippen LogP contribution in [0.2, 0.25) is 0 Å². The predicted octanol–water partition coefficient (Wildman–Crippen LogP) is -1.68. The number of anilines is 1. The van der Waals surface area contributed by atoms with E-state index in [0.717, 1.165) is 29.2 Å². The molecular weight excluding hydrogens is 261 g/mol. The van der Waals surface area contributed by atoms with Gasteiger partial charge < -0.3 is 4.55 Å². The van der Waals surface area contributed by atoms with Gasteiger partial charge in [0.2, 0.25) is 5.13 Å². The summed E-state index contributed by atoms with van der Waals surface area (Å²) in [6.45, 7) is 4.04. The maximum Gasteiger partial charge on any atom is 1.00 e. The molecule has 1 heterocycles. The van der Waals surface area contributed by atoms with Crippen LogP contribution in [0.15, 0.2) is 0 Å². The van der Waals surface area contributed by atoms with E-state index in [1.165, 1.54) is 0 Å². The van der Waals surface area contributed by atoms with Crippen molar-refractivity contribution in [2.45, 2.75) is 32.6 Å². The van der Waals surface area contributed by atoms with Crippen molar-refractivity contribution in [3.05, 3.63) is 5.01 Å². The molecule has 1 N–H and O–H groups in total. The van der Waals surface area contributed by atoms with Crippen LogP contribution in [-0.4, -0.2) is 23.2 Å². The molecule has 0 aliphatic rings. The first-order valence-electron chi connectivity index (χ1n) is 4.49. The average Bonchev–Trinajstić information content (AvgIpc) is 2.50. The second-order valence-corrected chi connectivity index (χ2v) is 5.31. The third-order valence-corrected chi connectivity index (χ3v) is 3.44. The van der Waals surface area contributed by atoms with Gasteiger partial charge in [-0.3, -0.25) is 4.72 Å². The Hall–Kier alpha value is 0.270. The van der Waals surface area contributed by atoms with Gasteiger partial charge in [-0.15, -0.1) is 10.2 Å².